The maximum atomic E-state index is 5.66. The molecule has 2 aromatic rings. The van der Waals surface area contributed by atoms with Crippen LogP contribution in [0.1, 0.15) is 6.92 Å². The minimum Gasteiger partial charge on any atom is -0.487 e. The lowest BCUT2D eigenvalue weighted by Gasteiger charge is -2.13. The van der Waals surface area contributed by atoms with Gasteiger partial charge in [0.1, 0.15) is 18.2 Å². The van der Waals surface area contributed by atoms with Crippen LogP contribution in [0.2, 0.25) is 0 Å². The summed E-state index contributed by atoms with van der Waals surface area (Å²) in [6, 6.07) is 1.86. The van der Waals surface area contributed by atoms with Crippen molar-refractivity contribution in [3.05, 3.63) is 29.3 Å². The SMILES string of the molecule is C[C@@H](Cn1cnnn1)Oc1cncc(Br)c1. The first kappa shape index (κ1) is 11.0. The molecule has 0 saturated carbocycles. The predicted octanol–water partition coefficient (Wildman–Crippen LogP) is 1.30. The summed E-state index contributed by atoms with van der Waals surface area (Å²) in [4.78, 5) is 4.02. The van der Waals surface area contributed by atoms with Crippen molar-refractivity contribution >= 4 is 15.9 Å². The van der Waals surface area contributed by atoms with Crippen LogP contribution in [0.4, 0.5) is 0 Å². The lowest BCUT2D eigenvalue weighted by atomic mass is 10.4. The number of hydrogen-bond acceptors (Lipinski definition) is 5. The number of tetrazole rings is 1. The van der Waals surface area contributed by atoms with Gasteiger partial charge in [0.15, 0.2) is 0 Å². The van der Waals surface area contributed by atoms with Crippen molar-refractivity contribution < 1.29 is 4.74 Å². The molecular formula is C9H10BrN5O. The average molecular weight is 284 g/mol. The maximum Gasteiger partial charge on any atom is 0.139 e. The van der Waals surface area contributed by atoms with Gasteiger partial charge in [0, 0.05) is 10.7 Å². The molecule has 0 bridgehead atoms. The molecular weight excluding hydrogens is 274 g/mol. The number of halogens is 1. The lowest BCUT2D eigenvalue weighted by molar-refractivity contribution is 0.192. The second-order valence-electron chi connectivity index (χ2n) is 3.30. The van der Waals surface area contributed by atoms with Gasteiger partial charge in [-0.3, -0.25) is 4.98 Å². The fourth-order valence-corrected chi connectivity index (χ4v) is 1.60. The zero-order valence-electron chi connectivity index (χ0n) is 8.62. The van der Waals surface area contributed by atoms with Crippen LogP contribution >= 0.6 is 15.9 Å². The first-order valence-electron chi connectivity index (χ1n) is 4.72. The Morgan fingerprint density at radius 3 is 3.06 bits per heavy atom. The Bertz CT molecular complexity index is 447. The first-order valence-corrected chi connectivity index (χ1v) is 5.51. The van der Waals surface area contributed by atoms with Gasteiger partial charge in [-0.2, -0.15) is 0 Å². The molecule has 0 aliphatic heterocycles. The fraction of sp³-hybridized carbons (Fsp3) is 0.333. The maximum absolute atomic E-state index is 5.66. The number of pyridine rings is 1. The molecule has 2 aromatic heterocycles. The van der Waals surface area contributed by atoms with Gasteiger partial charge in [0.2, 0.25) is 0 Å². The van der Waals surface area contributed by atoms with E-state index in [9.17, 15) is 0 Å². The van der Waals surface area contributed by atoms with Crippen LogP contribution in [0.25, 0.3) is 0 Å². The summed E-state index contributed by atoms with van der Waals surface area (Å²) in [6.07, 6.45) is 4.90. The smallest absolute Gasteiger partial charge is 0.139 e. The molecule has 0 aromatic carbocycles. The van der Waals surface area contributed by atoms with Crippen molar-refractivity contribution in [2.45, 2.75) is 19.6 Å². The van der Waals surface area contributed by atoms with Crippen LogP contribution in [0.5, 0.6) is 5.75 Å². The minimum atomic E-state index is -0.0281. The van der Waals surface area contributed by atoms with E-state index < -0.39 is 0 Å². The van der Waals surface area contributed by atoms with Crippen molar-refractivity contribution in [2.24, 2.45) is 0 Å². The van der Waals surface area contributed by atoms with Gasteiger partial charge in [-0.15, -0.1) is 5.10 Å². The highest BCUT2D eigenvalue weighted by atomic mass is 79.9. The van der Waals surface area contributed by atoms with Crippen molar-refractivity contribution in [3.63, 3.8) is 0 Å². The molecule has 2 rings (SSSR count). The summed E-state index contributed by atoms with van der Waals surface area (Å²) in [5.41, 5.74) is 0. The van der Waals surface area contributed by atoms with E-state index in [1.807, 2.05) is 13.0 Å². The minimum absolute atomic E-state index is 0.0281. The third-order valence-electron chi connectivity index (χ3n) is 1.85. The third kappa shape index (κ3) is 2.99. The van der Waals surface area contributed by atoms with Crippen LogP contribution in [-0.4, -0.2) is 31.3 Å². The molecule has 0 aliphatic rings. The second kappa shape index (κ2) is 5.02. The van der Waals surface area contributed by atoms with Crippen molar-refractivity contribution in [3.8, 4) is 5.75 Å². The highest BCUT2D eigenvalue weighted by Gasteiger charge is 2.06. The quantitative estimate of drug-likeness (QED) is 0.846. The van der Waals surface area contributed by atoms with Crippen molar-refractivity contribution in [1.82, 2.24) is 25.2 Å². The Hall–Kier alpha value is -1.50. The highest BCUT2D eigenvalue weighted by Crippen LogP contribution is 2.17. The number of aromatic nitrogens is 5. The molecule has 0 aliphatic carbocycles. The molecule has 7 heteroatoms. The van der Waals surface area contributed by atoms with Crippen molar-refractivity contribution in [2.75, 3.05) is 0 Å². The van der Waals surface area contributed by atoms with Gasteiger partial charge in [-0.1, -0.05) is 0 Å². The second-order valence-corrected chi connectivity index (χ2v) is 4.21. The summed E-state index contributed by atoms with van der Waals surface area (Å²) in [5, 5.41) is 10.9. The van der Waals surface area contributed by atoms with E-state index in [0.717, 1.165) is 10.2 Å². The normalized spacial score (nSPS) is 12.4. The van der Waals surface area contributed by atoms with Crippen LogP contribution in [0.3, 0.4) is 0 Å². The van der Waals surface area contributed by atoms with Crippen LogP contribution < -0.4 is 4.74 Å². The van der Waals surface area contributed by atoms with Gasteiger partial charge in [0.05, 0.1) is 12.7 Å². The molecule has 0 fully saturated rings. The zero-order chi connectivity index (χ0) is 11.4. The fourth-order valence-electron chi connectivity index (χ4n) is 1.25. The molecule has 0 spiro atoms. The summed E-state index contributed by atoms with van der Waals surface area (Å²) < 4.78 is 8.17. The largest absolute Gasteiger partial charge is 0.487 e. The topological polar surface area (TPSA) is 65.7 Å². The predicted molar refractivity (Wildman–Crippen MR) is 59.8 cm³/mol. The van der Waals surface area contributed by atoms with Gasteiger partial charge >= 0.3 is 0 Å². The molecule has 0 N–H and O–H groups in total. The van der Waals surface area contributed by atoms with E-state index >= 15 is 0 Å². The number of hydrogen-bond donors (Lipinski definition) is 0. The first-order chi connectivity index (χ1) is 7.74. The Morgan fingerprint density at radius 1 is 1.50 bits per heavy atom. The zero-order valence-corrected chi connectivity index (χ0v) is 10.2. The van der Waals surface area contributed by atoms with Gasteiger partial charge in [-0.05, 0) is 39.3 Å². The third-order valence-corrected chi connectivity index (χ3v) is 2.29. The molecule has 2 heterocycles. The molecule has 0 saturated heterocycles. The van der Waals surface area contributed by atoms with Crippen LogP contribution in [0, 0.1) is 0 Å². The van der Waals surface area contributed by atoms with E-state index in [4.69, 9.17) is 4.74 Å². The summed E-state index contributed by atoms with van der Waals surface area (Å²) in [5.74, 6) is 0.718. The number of ether oxygens (including phenoxy) is 1. The van der Waals surface area contributed by atoms with E-state index in [1.54, 1.807) is 23.4 Å². The Morgan fingerprint density at radius 2 is 2.38 bits per heavy atom. The van der Waals surface area contributed by atoms with Crippen LogP contribution in [0.15, 0.2) is 29.3 Å². The average Bonchev–Trinajstić information content (AvgIpc) is 2.70. The summed E-state index contributed by atoms with van der Waals surface area (Å²) in [6.45, 7) is 2.54. The van der Waals surface area contributed by atoms with Gasteiger partial charge in [-0.25, -0.2) is 4.68 Å². The highest BCUT2D eigenvalue weighted by molar-refractivity contribution is 9.10. The van der Waals surface area contributed by atoms with E-state index in [0.29, 0.717) is 6.54 Å². The molecule has 16 heavy (non-hydrogen) atoms. The van der Waals surface area contributed by atoms with E-state index in [-0.39, 0.29) is 6.10 Å². The molecule has 0 radical (unpaired) electrons. The summed E-state index contributed by atoms with van der Waals surface area (Å²) >= 11 is 3.33. The van der Waals surface area contributed by atoms with Crippen molar-refractivity contribution in [1.29, 1.82) is 0 Å². The van der Waals surface area contributed by atoms with E-state index in [1.165, 1.54) is 0 Å². The standard InChI is InChI=1S/C9H10BrN5O/c1-7(5-15-6-12-13-14-15)16-9-2-8(10)3-11-4-9/h2-4,6-7H,5H2,1H3/t7-/m0/s1. The molecule has 1 atom stereocenters. The monoisotopic (exact) mass is 283 g/mol. The lowest BCUT2D eigenvalue weighted by Crippen LogP contribution is -2.20. The van der Waals surface area contributed by atoms with Crippen LogP contribution in [-0.2, 0) is 6.54 Å². The van der Waals surface area contributed by atoms with E-state index in [2.05, 4.69) is 36.4 Å². The summed E-state index contributed by atoms with van der Waals surface area (Å²) in [7, 11) is 0. The number of nitrogens with zero attached hydrogens (tertiary/aromatic N) is 5. The molecule has 0 unspecified atom stereocenters. The Labute approximate surface area is 101 Å². The van der Waals surface area contributed by atoms with Gasteiger partial charge in [0.25, 0.3) is 0 Å². The molecule has 6 nitrogen and oxygen atoms in total. The molecule has 0 amide bonds. The molecule has 84 valence electrons. The Kier molecular flexibility index (Phi) is 3.45. The Balaban J connectivity index is 1.94. The number of rotatable bonds is 4. The van der Waals surface area contributed by atoms with Gasteiger partial charge < -0.3 is 4.74 Å².